The van der Waals surface area contributed by atoms with Crippen LogP contribution in [0.15, 0.2) is 36.4 Å². The van der Waals surface area contributed by atoms with Crippen LogP contribution in [0.1, 0.15) is 61.0 Å². The van der Waals surface area contributed by atoms with E-state index in [1.165, 1.54) is 24.1 Å². The molecule has 3 atom stereocenters. The highest BCUT2D eigenvalue weighted by atomic mass is 32.2. The highest BCUT2D eigenvalue weighted by molar-refractivity contribution is 7.88. The van der Waals surface area contributed by atoms with Gasteiger partial charge in [0.05, 0.1) is 30.5 Å². The molecule has 0 amide bonds. The van der Waals surface area contributed by atoms with Gasteiger partial charge in [-0.05, 0) is 63.0 Å². The van der Waals surface area contributed by atoms with Crippen molar-refractivity contribution in [3.8, 4) is 0 Å². The average Bonchev–Trinajstić information content (AvgIpc) is 3.08. The fourth-order valence-electron chi connectivity index (χ4n) is 4.77. The summed E-state index contributed by atoms with van der Waals surface area (Å²) in [7, 11) is 0. The van der Waals surface area contributed by atoms with Crippen molar-refractivity contribution in [2.45, 2.75) is 69.6 Å². The van der Waals surface area contributed by atoms with Crippen LogP contribution in [0.5, 0.6) is 0 Å². The normalized spacial score (nSPS) is 28.7. The first-order valence-electron chi connectivity index (χ1n) is 10.4. The maximum absolute atomic E-state index is 11.8. The van der Waals surface area contributed by atoms with Crippen molar-refractivity contribution in [1.29, 1.82) is 0 Å². The largest absolute Gasteiger partial charge is 0.598 e. The molecule has 2 aromatic rings. The first-order chi connectivity index (χ1) is 13.6. The van der Waals surface area contributed by atoms with Gasteiger partial charge < -0.3 is 9.29 Å². The molecule has 1 saturated carbocycles. The Balaban J connectivity index is 1.36. The third-order valence-electron chi connectivity index (χ3n) is 6.19. The second-order valence-electron chi connectivity index (χ2n) is 8.22. The fraction of sp³-hybridized carbons (Fsp3) is 0.591. The van der Waals surface area contributed by atoms with E-state index in [1.807, 2.05) is 6.92 Å². The number of fused-ring (bicyclic) bond motifs is 1. The minimum Gasteiger partial charge on any atom is -0.598 e. The molecule has 0 spiro atoms. The van der Waals surface area contributed by atoms with Crippen LogP contribution in [0.2, 0.25) is 0 Å². The lowest BCUT2D eigenvalue weighted by Gasteiger charge is -2.35. The van der Waals surface area contributed by atoms with Crippen molar-refractivity contribution < 1.29 is 9.29 Å². The molecule has 1 aliphatic heterocycles. The Hall–Kier alpha value is -1.34. The van der Waals surface area contributed by atoms with Crippen LogP contribution < -0.4 is 4.72 Å². The van der Waals surface area contributed by atoms with Gasteiger partial charge in [0.15, 0.2) is 0 Å². The second kappa shape index (κ2) is 8.99. The lowest BCUT2D eigenvalue weighted by molar-refractivity contribution is -0.00333. The monoisotopic (exact) mass is 401 g/mol. The number of hydrogen-bond acceptors (Lipinski definition) is 4. The quantitative estimate of drug-likeness (QED) is 0.750. The average molecular weight is 402 g/mol. The Morgan fingerprint density at radius 2 is 1.93 bits per heavy atom. The minimum absolute atomic E-state index is 0.105. The van der Waals surface area contributed by atoms with E-state index in [4.69, 9.17) is 9.84 Å². The number of hydrogen-bond donors (Lipinski definition) is 1. The fourth-order valence-corrected chi connectivity index (χ4v) is 5.47. The molecule has 2 heterocycles. The molecule has 5 nitrogen and oxygen atoms in total. The maximum Gasteiger partial charge on any atom is 0.115 e. The van der Waals surface area contributed by atoms with E-state index >= 15 is 0 Å². The van der Waals surface area contributed by atoms with E-state index in [-0.39, 0.29) is 12.1 Å². The standard InChI is InChI=1S/C22H31N3O2S/c1-16-14-19-10-13-21(24-28(2)26)22(25(19)23-16)15-27-20-11-8-18(9-12-20)17-6-4-3-5-7-17/h3-7,14,18,20-22,24H,8-13,15H2,1-2H3/t18-,20+,21?,22?,28?. The predicted octanol–water partition coefficient (Wildman–Crippen LogP) is 3.67. The smallest absolute Gasteiger partial charge is 0.115 e. The Morgan fingerprint density at radius 1 is 1.18 bits per heavy atom. The SMILES string of the molecule is Cc1cc2n(n1)C(CO[C@H]1CC[C@@H](c3ccccc3)CC1)C(N[S+](C)[O-])CC2. The molecule has 0 saturated heterocycles. The number of nitrogens with zero attached hydrogens (tertiary/aromatic N) is 2. The Kier molecular flexibility index (Phi) is 6.41. The molecule has 1 aliphatic carbocycles. The van der Waals surface area contributed by atoms with E-state index in [0.29, 0.717) is 18.6 Å². The van der Waals surface area contributed by atoms with Crippen molar-refractivity contribution in [1.82, 2.24) is 14.5 Å². The summed E-state index contributed by atoms with van der Waals surface area (Å²) in [6.07, 6.45) is 8.54. The number of aromatic nitrogens is 2. The minimum atomic E-state index is -1.03. The molecule has 1 N–H and O–H groups in total. The van der Waals surface area contributed by atoms with Crippen molar-refractivity contribution >= 4 is 11.4 Å². The summed E-state index contributed by atoms with van der Waals surface area (Å²) >= 11 is -1.03. The zero-order valence-corrected chi connectivity index (χ0v) is 17.7. The van der Waals surface area contributed by atoms with Gasteiger partial charge in [0.1, 0.15) is 6.26 Å². The van der Waals surface area contributed by atoms with Crippen molar-refractivity contribution in [3.05, 3.63) is 53.3 Å². The van der Waals surface area contributed by atoms with E-state index in [0.717, 1.165) is 31.4 Å². The van der Waals surface area contributed by atoms with Crippen LogP contribution in [-0.4, -0.2) is 39.3 Å². The van der Waals surface area contributed by atoms with Gasteiger partial charge in [-0.2, -0.15) is 5.10 Å². The molecule has 4 rings (SSSR count). The molecule has 0 radical (unpaired) electrons. The Morgan fingerprint density at radius 3 is 2.64 bits per heavy atom. The predicted molar refractivity (Wildman–Crippen MR) is 113 cm³/mol. The molecule has 1 aromatic heterocycles. The van der Waals surface area contributed by atoms with Crippen molar-refractivity contribution in [2.75, 3.05) is 12.9 Å². The van der Waals surface area contributed by atoms with Crippen molar-refractivity contribution in [2.24, 2.45) is 0 Å². The van der Waals surface area contributed by atoms with E-state index < -0.39 is 11.4 Å². The summed E-state index contributed by atoms with van der Waals surface area (Å²) in [4.78, 5) is 0. The summed E-state index contributed by atoms with van der Waals surface area (Å²) in [5.74, 6) is 0.660. The van der Waals surface area contributed by atoms with E-state index in [2.05, 4.69) is 45.8 Å². The van der Waals surface area contributed by atoms with E-state index in [1.54, 1.807) is 6.26 Å². The third-order valence-corrected chi connectivity index (χ3v) is 6.83. The summed E-state index contributed by atoms with van der Waals surface area (Å²) in [6.45, 7) is 2.66. The van der Waals surface area contributed by atoms with Gasteiger partial charge >= 0.3 is 0 Å². The second-order valence-corrected chi connectivity index (χ2v) is 9.37. The molecular formula is C22H31N3O2S. The van der Waals surface area contributed by atoms with Gasteiger partial charge in [-0.15, -0.1) is 4.72 Å². The van der Waals surface area contributed by atoms with Crippen LogP contribution in [0, 0.1) is 6.92 Å². The van der Waals surface area contributed by atoms with Crippen LogP contribution >= 0.6 is 0 Å². The number of nitrogens with one attached hydrogen (secondary N) is 1. The molecule has 152 valence electrons. The molecular weight excluding hydrogens is 370 g/mol. The van der Waals surface area contributed by atoms with Gasteiger partial charge in [-0.3, -0.25) is 4.68 Å². The van der Waals surface area contributed by atoms with Gasteiger partial charge in [0, 0.05) is 17.1 Å². The molecule has 28 heavy (non-hydrogen) atoms. The molecule has 6 heteroatoms. The Labute approximate surface area is 171 Å². The zero-order chi connectivity index (χ0) is 19.5. The number of ether oxygens (including phenoxy) is 1. The highest BCUT2D eigenvalue weighted by Crippen LogP contribution is 2.35. The molecule has 2 aliphatic rings. The molecule has 3 unspecified atom stereocenters. The van der Waals surface area contributed by atoms with Crippen molar-refractivity contribution in [3.63, 3.8) is 0 Å². The van der Waals surface area contributed by atoms with Crippen LogP contribution in [-0.2, 0) is 22.5 Å². The topological polar surface area (TPSA) is 62.1 Å². The third kappa shape index (κ3) is 4.62. The zero-order valence-electron chi connectivity index (χ0n) is 16.8. The first kappa shape index (κ1) is 20.0. The highest BCUT2D eigenvalue weighted by Gasteiger charge is 2.34. The molecule has 0 bridgehead atoms. The molecule has 1 aromatic carbocycles. The summed E-state index contributed by atoms with van der Waals surface area (Å²) in [6, 6.07) is 13.3. The van der Waals surface area contributed by atoms with Crippen LogP contribution in [0.4, 0.5) is 0 Å². The lowest BCUT2D eigenvalue weighted by Crippen LogP contribution is -2.46. The van der Waals surface area contributed by atoms with Crippen LogP contribution in [0.25, 0.3) is 0 Å². The summed E-state index contributed by atoms with van der Waals surface area (Å²) in [5.41, 5.74) is 3.76. The van der Waals surface area contributed by atoms with Gasteiger partial charge in [-0.1, -0.05) is 30.3 Å². The number of benzene rings is 1. The van der Waals surface area contributed by atoms with Crippen LogP contribution in [0.3, 0.4) is 0 Å². The summed E-state index contributed by atoms with van der Waals surface area (Å²) < 4.78 is 23.5. The summed E-state index contributed by atoms with van der Waals surface area (Å²) in [5, 5.41) is 4.70. The number of aryl methyl sites for hydroxylation is 2. The van der Waals surface area contributed by atoms with Gasteiger partial charge in [0.2, 0.25) is 0 Å². The molecule has 1 fully saturated rings. The van der Waals surface area contributed by atoms with Gasteiger partial charge in [0.25, 0.3) is 0 Å². The first-order valence-corrected chi connectivity index (χ1v) is 12.0. The lowest BCUT2D eigenvalue weighted by atomic mass is 9.83. The number of rotatable bonds is 6. The Bertz CT molecular complexity index is 756. The maximum atomic E-state index is 11.8. The van der Waals surface area contributed by atoms with Gasteiger partial charge in [-0.25, -0.2) is 0 Å². The van der Waals surface area contributed by atoms with E-state index in [9.17, 15) is 4.55 Å².